The Balaban J connectivity index is 1.79. The van der Waals surface area contributed by atoms with E-state index in [1.54, 1.807) is 6.33 Å². The van der Waals surface area contributed by atoms with Crippen molar-refractivity contribution < 1.29 is 8.42 Å². The molecule has 22 heavy (non-hydrogen) atoms. The Kier molecular flexibility index (Phi) is 4.31. The third-order valence-electron chi connectivity index (χ3n) is 4.40. The van der Waals surface area contributed by atoms with Gasteiger partial charge in [0.1, 0.15) is 12.1 Å². The number of hydrogen-bond acceptors (Lipinski definition) is 6. The molecule has 0 bridgehead atoms. The molecule has 1 saturated heterocycles. The van der Waals surface area contributed by atoms with Crippen LogP contribution in [0.2, 0.25) is 0 Å². The standard InChI is InChI=1S/C13H22N6O2S/c1-2-17-4-3-12-11(9-17)13(16-10-15-12)18-5-7-19(8-6-18)22(14,20)21/h10H,2-9H2,1H3,(H2,14,20,21). The average molecular weight is 326 g/mol. The van der Waals surface area contributed by atoms with Crippen LogP contribution in [0.4, 0.5) is 5.82 Å². The van der Waals surface area contributed by atoms with E-state index in [1.165, 1.54) is 9.87 Å². The second-order valence-corrected chi connectivity index (χ2v) is 7.22. The van der Waals surface area contributed by atoms with E-state index in [0.717, 1.165) is 37.6 Å². The Morgan fingerprint density at radius 2 is 1.91 bits per heavy atom. The van der Waals surface area contributed by atoms with Gasteiger partial charge in [0.2, 0.25) is 0 Å². The Hall–Kier alpha value is -1.29. The third-order valence-corrected chi connectivity index (χ3v) is 5.49. The predicted octanol–water partition coefficient (Wildman–Crippen LogP) is -0.820. The molecule has 8 nitrogen and oxygen atoms in total. The number of likely N-dealkylation sites (N-methyl/N-ethyl adjacent to an activating group) is 1. The number of hydrogen-bond donors (Lipinski definition) is 1. The molecule has 122 valence electrons. The Labute approximate surface area is 131 Å². The zero-order valence-electron chi connectivity index (χ0n) is 12.8. The minimum absolute atomic E-state index is 0.398. The molecule has 9 heteroatoms. The first-order valence-corrected chi connectivity index (χ1v) is 9.07. The lowest BCUT2D eigenvalue weighted by Gasteiger charge is -2.36. The second-order valence-electron chi connectivity index (χ2n) is 5.67. The monoisotopic (exact) mass is 326 g/mol. The van der Waals surface area contributed by atoms with Crippen LogP contribution in [0, 0.1) is 0 Å². The van der Waals surface area contributed by atoms with E-state index in [-0.39, 0.29) is 0 Å². The molecular weight excluding hydrogens is 304 g/mol. The molecule has 0 spiro atoms. The van der Waals surface area contributed by atoms with Gasteiger partial charge in [-0.2, -0.15) is 12.7 Å². The van der Waals surface area contributed by atoms with Crippen LogP contribution in [-0.2, 0) is 23.2 Å². The van der Waals surface area contributed by atoms with Crippen molar-refractivity contribution in [3.05, 3.63) is 17.6 Å². The summed E-state index contributed by atoms with van der Waals surface area (Å²) < 4.78 is 24.1. The first-order chi connectivity index (χ1) is 10.5. The van der Waals surface area contributed by atoms with E-state index >= 15 is 0 Å². The largest absolute Gasteiger partial charge is 0.354 e. The minimum Gasteiger partial charge on any atom is -0.354 e. The van der Waals surface area contributed by atoms with Crippen molar-refractivity contribution >= 4 is 16.0 Å². The SMILES string of the molecule is CCN1CCc2ncnc(N3CCN(S(N)(=O)=O)CC3)c2C1. The molecule has 0 aliphatic carbocycles. The zero-order chi connectivity index (χ0) is 15.7. The van der Waals surface area contributed by atoms with Gasteiger partial charge in [-0.3, -0.25) is 4.90 Å². The van der Waals surface area contributed by atoms with Crippen LogP contribution in [-0.4, -0.2) is 66.9 Å². The molecule has 0 unspecified atom stereocenters. The van der Waals surface area contributed by atoms with Crippen molar-refractivity contribution in [3.63, 3.8) is 0 Å². The van der Waals surface area contributed by atoms with Gasteiger partial charge in [-0.05, 0) is 6.54 Å². The smallest absolute Gasteiger partial charge is 0.277 e. The number of fused-ring (bicyclic) bond motifs is 1. The van der Waals surface area contributed by atoms with E-state index in [0.29, 0.717) is 26.2 Å². The summed E-state index contributed by atoms with van der Waals surface area (Å²) in [4.78, 5) is 13.4. The molecule has 0 aromatic carbocycles. The zero-order valence-corrected chi connectivity index (χ0v) is 13.6. The molecule has 0 amide bonds. The number of nitrogens with zero attached hydrogens (tertiary/aromatic N) is 5. The third kappa shape index (κ3) is 3.07. The molecule has 0 radical (unpaired) electrons. The highest BCUT2D eigenvalue weighted by molar-refractivity contribution is 7.86. The molecule has 2 aliphatic heterocycles. The van der Waals surface area contributed by atoms with Crippen molar-refractivity contribution in [1.29, 1.82) is 0 Å². The minimum atomic E-state index is -3.60. The summed E-state index contributed by atoms with van der Waals surface area (Å²) in [6, 6.07) is 0. The van der Waals surface area contributed by atoms with Crippen LogP contribution >= 0.6 is 0 Å². The van der Waals surface area contributed by atoms with Gasteiger partial charge < -0.3 is 4.90 Å². The van der Waals surface area contributed by atoms with Gasteiger partial charge in [0.05, 0.1) is 5.69 Å². The first kappa shape index (κ1) is 15.6. The highest BCUT2D eigenvalue weighted by atomic mass is 32.2. The molecule has 1 fully saturated rings. The van der Waals surface area contributed by atoms with Crippen molar-refractivity contribution in [2.45, 2.75) is 19.9 Å². The number of rotatable bonds is 3. The van der Waals surface area contributed by atoms with Crippen LogP contribution in [0.1, 0.15) is 18.2 Å². The summed E-state index contributed by atoms with van der Waals surface area (Å²) in [7, 11) is -3.60. The van der Waals surface area contributed by atoms with Crippen LogP contribution < -0.4 is 10.0 Å². The van der Waals surface area contributed by atoms with Gasteiger partial charge in [0.15, 0.2) is 0 Å². The fourth-order valence-corrected chi connectivity index (χ4v) is 3.75. The maximum Gasteiger partial charge on any atom is 0.277 e. The number of piperazine rings is 1. The second kappa shape index (κ2) is 6.07. The molecule has 1 aromatic heterocycles. The highest BCUT2D eigenvalue weighted by Gasteiger charge is 2.28. The normalized spacial score (nSPS) is 20.9. The number of nitrogens with two attached hydrogens (primary N) is 1. The lowest BCUT2D eigenvalue weighted by atomic mass is 10.1. The maximum atomic E-state index is 11.4. The molecule has 0 saturated carbocycles. The van der Waals surface area contributed by atoms with Crippen molar-refractivity contribution in [2.75, 3.05) is 44.2 Å². The van der Waals surface area contributed by atoms with Gasteiger partial charge in [-0.15, -0.1) is 0 Å². The lowest BCUT2D eigenvalue weighted by molar-refractivity contribution is 0.265. The summed E-state index contributed by atoms with van der Waals surface area (Å²) >= 11 is 0. The number of aromatic nitrogens is 2. The van der Waals surface area contributed by atoms with Gasteiger partial charge in [0, 0.05) is 51.3 Å². The summed E-state index contributed by atoms with van der Waals surface area (Å²) in [5, 5.41) is 5.19. The Morgan fingerprint density at radius 1 is 1.18 bits per heavy atom. The molecule has 1 aromatic rings. The van der Waals surface area contributed by atoms with Crippen molar-refractivity contribution in [3.8, 4) is 0 Å². The molecular formula is C13H22N6O2S. The van der Waals surface area contributed by atoms with Crippen LogP contribution in [0.25, 0.3) is 0 Å². The number of anilines is 1. The highest BCUT2D eigenvalue weighted by Crippen LogP contribution is 2.26. The van der Waals surface area contributed by atoms with E-state index in [1.807, 2.05) is 0 Å². The summed E-state index contributed by atoms with van der Waals surface area (Å²) in [5.41, 5.74) is 2.29. The van der Waals surface area contributed by atoms with Crippen LogP contribution in [0.5, 0.6) is 0 Å². The molecule has 3 rings (SSSR count). The quantitative estimate of drug-likeness (QED) is 0.780. The van der Waals surface area contributed by atoms with E-state index in [9.17, 15) is 8.42 Å². The van der Waals surface area contributed by atoms with Gasteiger partial charge >= 0.3 is 0 Å². The van der Waals surface area contributed by atoms with E-state index in [2.05, 4.69) is 26.7 Å². The van der Waals surface area contributed by atoms with Crippen molar-refractivity contribution in [2.24, 2.45) is 5.14 Å². The molecule has 2 aliphatic rings. The predicted molar refractivity (Wildman–Crippen MR) is 83.6 cm³/mol. The fraction of sp³-hybridized carbons (Fsp3) is 0.692. The maximum absolute atomic E-state index is 11.4. The van der Waals surface area contributed by atoms with Crippen LogP contribution in [0.15, 0.2) is 6.33 Å². The lowest BCUT2D eigenvalue weighted by Crippen LogP contribution is -2.51. The Bertz CT molecular complexity index is 642. The topological polar surface area (TPSA) is 95.7 Å². The van der Waals surface area contributed by atoms with Gasteiger partial charge in [-0.1, -0.05) is 6.92 Å². The van der Waals surface area contributed by atoms with Gasteiger partial charge in [-0.25, -0.2) is 15.1 Å². The van der Waals surface area contributed by atoms with E-state index in [4.69, 9.17) is 5.14 Å². The average Bonchev–Trinajstić information content (AvgIpc) is 2.53. The fourth-order valence-electron chi connectivity index (χ4n) is 3.08. The summed E-state index contributed by atoms with van der Waals surface area (Å²) in [6.07, 6.45) is 2.55. The summed E-state index contributed by atoms with van der Waals surface area (Å²) in [6.45, 7) is 7.05. The Morgan fingerprint density at radius 3 is 2.55 bits per heavy atom. The van der Waals surface area contributed by atoms with E-state index < -0.39 is 10.2 Å². The molecule has 3 heterocycles. The van der Waals surface area contributed by atoms with Crippen LogP contribution in [0.3, 0.4) is 0 Å². The summed E-state index contributed by atoms with van der Waals surface area (Å²) in [5.74, 6) is 0.942. The molecule has 0 atom stereocenters. The molecule has 2 N–H and O–H groups in total. The van der Waals surface area contributed by atoms with Gasteiger partial charge in [0.25, 0.3) is 10.2 Å². The first-order valence-electron chi connectivity index (χ1n) is 7.57. The van der Waals surface area contributed by atoms with Crippen molar-refractivity contribution in [1.82, 2.24) is 19.2 Å².